The SMILES string of the molecule is CCOc1nc(N)nc(OC)c1N. The highest BCUT2D eigenvalue weighted by molar-refractivity contribution is 5.58. The molecule has 0 unspecified atom stereocenters. The summed E-state index contributed by atoms with van der Waals surface area (Å²) >= 11 is 0. The Bertz CT molecular complexity index is 303. The van der Waals surface area contributed by atoms with Gasteiger partial charge in [-0.1, -0.05) is 0 Å². The molecule has 0 spiro atoms. The molecule has 0 radical (unpaired) electrons. The van der Waals surface area contributed by atoms with Crippen molar-refractivity contribution in [3.63, 3.8) is 0 Å². The summed E-state index contributed by atoms with van der Waals surface area (Å²) in [4.78, 5) is 7.58. The van der Waals surface area contributed by atoms with Gasteiger partial charge in [0.25, 0.3) is 0 Å². The number of nitrogen functional groups attached to an aromatic ring is 2. The first kappa shape index (κ1) is 9.37. The Labute approximate surface area is 75.9 Å². The average molecular weight is 184 g/mol. The lowest BCUT2D eigenvalue weighted by Crippen LogP contribution is -2.06. The van der Waals surface area contributed by atoms with Crippen LogP contribution in [0.5, 0.6) is 11.8 Å². The van der Waals surface area contributed by atoms with Crippen LogP contribution < -0.4 is 20.9 Å². The average Bonchev–Trinajstić information content (AvgIpc) is 2.11. The second kappa shape index (κ2) is 3.79. The number of methoxy groups -OCH3 is 1. The number of hydrogen-bond donors (Lipinski definition) is 2. The predicted molar refractivity (Wildman–Crippen MR) is 48.6 cm³/mol. The van der Waals surface area contributed by atoms with Gasteiger partial charge in [-0.25, -0.2) is 0 Å². The van der Waals surface area contributed by atoms with Gasteiger partial charge in [-0.05, 0) is 6.92 Å². The van der Waals surface area contributed by atoms with Gasteiger partial charge in [0.15, 0.2) is 5.69 Å². The third kappa shape index (κ3) is 1.90. The van der Waals surface area contributed by atoms with Crippen molar-refractivity contribution < 1.29 is 9.47 Å². The van der Waals surface area contributed by atoms with E-state index in [9.17, 15) is 0 Å². The van der Waals surface area contributed by atoms with E-state index in [2.05, 4.69) is 9.97 Å². The molecule has 0 fully saturated rings. The Hall–Kier alpha value is -1.72. The molecule has 6 heteroatoms. The minimum absolute atomic E-state index is 0.0782. The van der Waals surface area contributed by atoms with Crippen molar-refractivity contribution in [3.8, 4) is 11.8 Å². The molecule has 4 N–H and O–H groups in total. The van der Waals surface area contributed by atoms with Gasteiger partial charge in [0, 0.05) is 0 Å². The lowest BCUT2D eigenvalue weighted by atomic mass is 10.5. The molecule has 0 saturated carbocycles. The van der Waals surface area contributed by atoms with Gasteiger partial charge in [-0.15, -0.1) is 0 Å². The smallest absolute Gasteiger partial charge is 0.246 e. The molecule has 0 aliphatic rings. The molecule has 0 atom stereocenters. The predicted octanol–water partition coefficient (Wildman–Crippen LogP) is 0.0483. The zero-order valence-electron chi connectivity index (χ0n) is 7.57. The summed E-state index contributed by atoms with van der Waals surface area (Å²) in [7, 11) is 1.45. The molecule has 0 saturated heterocycles. The standard InChI is InChI=1S/C7H12N4O2/c1-3-13-6-4(8)5(12-2)10-7(9)11-6/h3,8H2,1-2H3,(H2,9,10,11). The van der Waals surface area contributed by atoms with Gasteiger partial charge in [0.2, 0.25) is 17.7 Å². The van der Waals surface area contributed by atoms with Crippen molar-refractivity contribution in [3.05, 3.63) is 0 Å². The first-order valence-electron chi connectivity index (χ1n) is 3.78. The van der Waals surface area contributed by atoms with E-state index in [4.69, 9.17) is 20.9 Å². The minimum Gasteiger partial charge on any atom is -0.479 e. The fourth-order valence-electron chi connectivity index (χ4n) is 0.847. The quantitative estimate of drug-likeness (QED) is 0.688. The van der Waals surface area contributed by atoms with Crippen LogP contribution in [0.1, 0.15) is 6.92 Å². The summed E-state index contributed by atoms with van der Waals surface area (Å²) in [5, 5.41) is 0. The lowest BCUT2D eigenvalue weighted by molar-refractivity contribution is 0.324. The van der Waals surface area contributed by atoms with E-state index >= 15 is 0 Å². The van der Waals surface area contributed by atoms with E-state index in [-0.39, 0.29) is 23.4 Å². The number of aromatic nitrogens is 2. The number of nitrogens with zero attached hydrogens (tertiary/aromatic N) is 2. The molecule has 13 heavy (non-hydrogen) atoms. The summed E-state index contributed by atoms with van der Waals surface area (Å²) < 4.78 is 10.0. The van der Waals surface area contributed by atoms with Crippen LogP contribution in [0.4, 0.5) is 11.6 Å². The Morgan fingerprint density at radius 3 is 2.38 bits per heavy atom. The summed E-state index contributed by atoms with van der Waals surface area (Å²) in [5.74, 6) is 0.567. The molecule has 0 bridgehead atoms. The monoisotopic (exact) mass is 184 g/mol. The zero-order chi connectivity index (χ0) is 9.84. The maximum Gasteiger partial charge on any atom is 0.246 e. The molecule has 0 amide bonds. The Kier molecular flexibility index (Phi) is 2.73. The molecule has 1 aromatic heterocycles. The highest BCUT2D eigenvalue weighted by Gasteiger charge is 2.11. The van der Waals surface area contributed by atoms with Gasteiger partial charge in [-0.2, -0.15) is 9.97 Å². The highest BCUT2D eigenvalue weighted by Crippen LogP contribution is 2.27. The molecule has 0 aliphatic carbocycles. The summed E-state index contributed by atoms with van der Waals surface area (Å²) in [6.45, 7) is 2.29. The van der Waals surface area contributed by atoms with Crippen molar-refractivity contribution in [1.29, 1.82) is 0 Å². The fourth-order valence-corrected chi connectivity index (χ4v) is 0.847. The van der Waals surface area contributed by atoms with E-state index in [1.54, 1.807) is 0 Å². The number of nitrogens with two attached hydrogens (primary N) is 2. The molecule has 72 valence electrons. The normalized spacial score (nSPS) is 9.69. The second-order valence-corrected chi connectivity index (χ2v) is 2.24. The van der Waals surface area contributed by atoms with Crippen LogP contribution in [-0.2, 0) is 0 Å². The van der Waals surface area contributed by atoms with Gasteiger partial charge in [0.1, 0.15) is 0 Å². The Morgan fingerprint density at radius 1 is 1.23 bits per heavy atom. The van der Waals surface area contributed by atoms with Crippen LogP contribution in [0.3, 0.4) is 0 Å². The third-order valence-corrected chi connectivity index (χ3v) is 1.37. The summed E-state index contributed by atoms with van der Waals surface area (Å²) in [6, 6.07) is 0. The molecule has 6 nitrogen and oxygen atoms in total. The van der Waals surface area contributed by atoms with Gasteiger partial charge < -0.3 is 20.9 Å². The second-order valence-electron chi connectivity index (χ2n) is 2.24. The lowest BCUT2D eigenvalue weighted by Gasteiger charge is -2.08. The Balaban J connectivity index is 3.11. The van der Waals surface area contributed by atoms with Crippen molar-refractivity contribution in [2.45, 2.75) is 6.92 Å². The van der Waals surface area contributed by atoms with E-state index < -0.39 is 0 Å². The molecule has 1 aromatic rings. The highest BCUT2D eigenvalue weighted by atomic mass is 16.5. The van der Waals surface area contributed by atoms with Crippen molar-refractivity contribution in [2.24, 2.45) is 0 Å². The molecule has 1 rings (SSSR count). The molecule has 0 aromatic carbocycles. The molecular formula is C7H12N4O2. The molecular weight excluding hydrogens is 172 g/mol. The maximum absolute atomic E-state index is 5.62. The van der Waals surface area contributed by atoms with Crippen molar-refractivity contribution in [1.82, 2.24) is 9.97 Å². The van der Waals surface area contributed by atoms with Crippen LogP contribution in [0.15, 0.2) is 0 Å². The first-order chi connectivity index (χ1) is 6.19. The topological polar surface area (TPSA) is 96.3 Å². The summed E-state index contributed by atoms with van der Waals surface area (Å²) in [6.07, 6.45) is 0. The van der Waals surface area contributed by atoms with Crippen molar-refractivity contribution in [2.75, 3.05) is 25.2 Å². The number of ether oxygens (including phenoxy) is 2. The van der Waals surface area contributed by atoms with E-state index in [1.165, 1.54) is 7.11 Å². The molecule has 0 aliphatic heterocycles. The van der Waals surface area contributed by atoms with E-state index in [0.29, 0.717) is 6.61 Å². The van der Waals surface area contributed by atoms with Crippen LogP contribution >= 0.6 is 0 Å². The van der Waals surface area contributed by atoms with E-state index in [1.807, 2.05) is 6.92 Å². The Morgan fingerprint density at radius 2 is 1.85 bits per heavy atom. The van der Waals surface area contributed by atoms with E-state index in [0.717, 1.165) is 0 Å². The minimum atomic E-state index is 0.0782. The van der Waals surface area contributed by atoms with Crippen LogP contribution in [-0.4, -0.2) is 23.7 Å². The van der Waals surface area contributed by atoms with Crippen LogP contribution in [0.2, 0.25) is 0 Å². The van der Waals surface area contributed by atoms with Crippen LogP contribution in [0.25, 0.3) is 0 Å². The van der Waals surface area contributed by atoms with Crippen LogP contribution in [0, 0.1) is 0 Å². The van der Waals surface area contributed by atoms with Gasteiger partial charge in [-0.3, -0.25) is 0 Å². The summed E-state index contributed by atoms with van der Waals surface area (Å²) in [5.41, 5.74) is 11.3. The first-order valence-corrected chi connectivity index (χ1v) is 3.78. The number of anilines is 2. The zero-order valence-corrected chi connectivity index (χ0v) is 7.57. The maximum atomic E-state index is 5.62. The van der Waals surface area contributed by atoms with Gasteiger partial charge in [0.05, 0.1) is 13.7 Å². The molecule has 1 heterocycles. The third-order valence-electron chi connectivity index (χ3n) is 1.37. The largest absolute Gasteiger partial charge is 0.479 e. The number of rotatable bonds is 3. The number of hydrogen-bond acceptors (Lipinski definition) is 6. The fraction of sp³-hybridized carbons (Fsp3) is 0.429. The van der Waals surface area contributed by atoms with Gasteiger partial charge >= 0.3 is 0 Å². The van der Waals surface area contributed by atoms with Crippen molar-refractivity contribution >= 4 is 11.6 Å².